The predicted molar refractivity (Wildman–Crippen MR) is 281 cm³/mol. The molecule has 16 nitrogen and oxygen atoms in total. The number of rotatable bonds is 12. The molecule has 2 saturated heterocycles. The molecule has 6 heterocycles. The maximum Gasteiger partial charge on any atom is 0.408 e. The Labute approximate surface area is 429 Å². The third-order valence-electron chi connectivity index (χ3n) is 15.6. The number of halogens is 3. The Hall–Kier alpha value is -6.51. The summed E-state index contributed by atoms with van der Waals surface area (Å²) >= 11 is 0. The molecule has 3 aliphatic heterocycles. The molecule has 3 N–H and O–H groups in total. The predicted octanol–water partition coefficient (Wildman–Crippen LogP) is 7.78. The normalized spacial score (nSPS) is 20.4. The van der Waals surface area contributed by atoms with Gasteiger partial charge in [0.15, 0.2) is 20.4 Å². The van der Waals surface area contributed by atoms with Crippen LogP contribution < -0.4 is 30.9 Å². The molecule has 1 aliphatic carbocycles. The molecular weight excluding hydrogens is 974 g/mol. The number of alkyl halides is 3. The molecule has 2 aromatic carbocycles. The summed E-state index contributed by atoms with van der Waals surface area (Å²) in [6, 6.07) is 14.1. The minimum Gasteiger partial charge on any atom is -0.392 e. The third-order valence-corrected chi connectivity index (χ3v) is 18.2. The smallest absolute Gasteiger partial charge is 0.392 e. The maximum absolute atomic E-state index is 14.1. The van der Waals surface area contributed by atoms with Crippen LogP contribution in [-0.2, 0) is 47.7 Å². The molecule has 0 spiro atoms. The van der Waals surface area contributed by atoms with Crippen LogP contribution in [0.3, 0.4) is 0 Å². The van der Waals surface area contributed by atoms with Crippen LogP contribution in [0.25, 0.3) is 11.3 Å². The fourth-order valence-corrected chi connectivity index (χ4v) is 13.0. The van der Waals surface area contributed by atoms with Crippen LogP contribution in [0, 0.1) is 12.3 Å². The Kier molecular flexibility index (Phi) is 13.7. The highest BCUT2D eigenvalue weighted by Crippen LogP contribution is 2.43. The number of nitrogens with zero attached hydrogens (tertiary/aromatic N) is 8. The number of hydrogen-bond acceptors (Lipinski definition) is 12. The molecule has 4 aliphatic rings. The van der Waals surface area contributed by atoms with E-state index in [2.05, 4.69) is 69.2 Å². The van der Waals surface area contributed by atoms with E-state index in [-0.39, 0.29) is 45.7 Å². The second-order valence-electron chi connectivity index (χ2n) is 21.6. The van der Waals surface area contributed by atoms with Crippen molar-refractivity contribution in [3.8, 4) is 11.3 Å². The number of sulfone groups is 1. The minimum absolute atomic E-state index is 0.00218. The lowest BCUT2D eigenvalue weighted by Crippen LogP contribution is -2.58. The summed E-state index contributed by atoms with van der Waals surface area (Å²) in [5, 5.41) is 17.0. The molecule has 0 radical (unpaired) electrons. The molecule has 74 heavy (non-hydrogen) atoms. The zero-order chi connectivity index (χ0) is 53.4. The van der Waals surface area contributed by atoms with Crippen molar-refractivity contribution in [2.75, 3.05) is 58.1 Å². The Morgan fingerprint density at radius 2 is 1.73 bits per heavy atom. The number of carbonyl (C=O) groups is 2. The first-order valence-electron chi connectivity index (χ1n) is 25.1. The lowest BCUT2D eigenvalue weighted by Gasteiger charge is -2.48. The van der Waals surface area contributed by atoms with Gasteiger partial charge < -0.3 is 34.7 Å². The maximum atomic E-state index is 14.1. The van der Waals surface area contributed by atoms with E-state index in [1.165, 1.54) is 34.9 Å². The standard InChI is InChI=1S/C54H65F3N10O6S/c1-10-47(69)60-41-26-36(59-48-51(71)62(9)30-42(61-48)39-15-17-58-49(40(39)31-68)67-22-21-66-44(50(67)70)25-35-27-52(5,6)28-45(35)66)11-13-43(41)65-20-19-63(29-34(65)4)37-16-18-64(33(3)24-37)38-12-14-46(32(2)23-38)74(72,73)53(7,8)54(55,56)57/h10-15,17,23,25-26,30,33-34,37,68H,1,16,18-22,24,27-29,31H2,2-9H3,(H,59,61)(H,60,69)/t33-,34-,37?/m0/s1. The van der Waals surface area contributed by atoms with Gasteiger partial charge >= 0.3 is 6.18 Å². The molecule has 394 valence electrons. The number of hydrogen-bond donors (Lipinski definition) is 3. The molecule has 3 atom stereocenters. The van der Waals surface area contributed by atoms with Gasteiger partial charge in [0.25, 0.3) is 11.5 Å². The van der Waals surface area contributed by atoms with Gasteiger partial charge in [0, 0.05) is 105 Å². The lowest BCUT2D eigenvalue weighted by molar-refractivity contribution is -0.153. The fraction of sp³-hybridized carbons (Fsp3) is 0.463. The van der Waals surface area contributed by atoms with Crippen molar-refractivity contribution in [1.29, 1.82) is 0 Å². The number of fused-ring (bicyclic) bond motifs is 3. The van der Waals surface area contributed by atoms with Crippen molar-refractivity contribution in [2.24, 2.45) is 12.5 Å². The number of carbonyl (C=O) groups excluding carboxylic acids is 2. The fourth-order valence-electron chi connectivity index (χ4n) is 11.4. The van der Waals surface area contributed by atoms with Gasteiger partial charge in [-0.3, -0.25) is 24.2 Å². The second-order valence-corrected chi connectivity index (χ2v) is 24.1. The highest BCUT2D eigenvalue weighted by Gasteiger charge is 2.57. The molecule has 20 heteroatoms. The van der Waals surface area contributed by atoms with Crippen molar-refractivity contribution in [2.45, 2.75) is 121 Å². The number of aromatic nitrogens is 4. The molecule has 0 bridgehead atoms. The first-order valence-corrected chi connectivity index (χ1v) is 26.6. The zero-order valence-electron chi connectivity index (χ0n) is 43.2. The van der Waals surface area contributed by atoms with E-state index in [9.17, 15) is 41.1 Å². The SMILES string of the molecule is C=CC(=O)Nc1cc(Nc2nc(-c3ccnc(N4CCn5c(cc6c5CC(C)(C)C6)C4=O)c3CO)cn(C)c2=O)ccc1N1CCN(C2CCN(c3ccc(S(=O)(=O)C(C)(C)C(F)(F)F)c(C)c3)[C@@H](C)C2)C[C@@H]1C. The number of pyridine rings is 1. The average molecular weight is 1040 g/mol. The third kappa shape index (κ3) is 9.37. The van der Waals surface area contributed by atoms with E-state index in [4.69, 9.17) is 4.98 Å². The number of aliphatic hydroxyl groups is 1. The average Bonchev–Trinajstić information content (AvgIpc) is 3.84. The quantitative estimate of drug-likeness (QED) is 0.104. The Bertz CT molecular complexity index is 3240. The zero-order valence-corrected chi connectivity index (χ0v) is 44.0. The molecule has 1 unspecified atom stereocenters. The first-order chi connectivity index (χ1) is 34.8. The molecule has 5 aromatic rings. The molecule has 2 amide bonds. The number of piperazine rings is 1. The Morgan fingerprint density at radius 1 is 0.973 bits per heavy atom. The van der Waals surface area contributed by atoms with E-state index in [1.807, 2.05) is 18.2 Å². The Morgan fingerprint density at radius 3 is 2.41 bits per heavy atom. The molecule has 0 saturated carbocycles. The largest absolute Gasteiger partial charge is 0.408 e. The van der Waals surface area contributed by atoms with Gasteiger partial charge in [0.2, 0.25) is 5.91 Å². The summed E-state index contributed by atoms with van der Waals surface area (Å²) in [6.07, 6.45) is 2.85. The van der Waals surface area contributed by atoms with Crippen molar-refractivity contribution >= 4 is 56.0 Å². The van der Waals surface area contributed by atoms with Gasteiger partial charge in [0.1, 0.15) is 11.5 Å². The van der Waals surface area contributed by atoms with E-state index in [0.29, 0.717) is 79.7 Å². The number of aryl methyl sites for hydroxylation is 2. The lowest BCUT2D eigenvalue weighted by atomic mass is 9.90. The monoisotopic (exact) mass is 1040 g/mol. The summed E-state index contributed by atoms with van der Waals surface area (Å²) in [7, 11) is -3.10. The van der Waals surface area contributed by atoms with Gasteiger partial charge in [-0.25, -0.2) is 18.4 Å². The van der Waals surface area contributed by atoms with Crippen LogP contribution in [-0.4, -0.2) is 111 Å². The summed E-state index contributed by atoms with van der Waals surface area (Å²) in [5.74, 6) is -0.279. The van der Waals surface area contributed by atoms with Crippen LogP contribution in [0.15, 0.2) is 83.3 Å². The molecule has 3 aromatic heterocycles. The van der Waals surface area contributed by atoms with E-state index in [0.717, 1.165) is 50.1 Å². The number of amides is 2. The number of nitrogens with one attached hydrogen (secondary N) is 2. The molecular formula is C54H65F3N10O6S. The highest BCUT2D eigenvalue weighted by molar-refractivity contribution is 7.93. The van der Waals surface area contributed by atoms with Gasteiger partial charge in [0.05, 0.1) is 28.6 Å². The summed E-state index contributed by atoms with van der Waals surface area (Å²) < 4.78 is 68.3. The van der Waals surface area contributed by atoms with Crippen molar-refractivity contribution in [1.82, 2.24) is 24.0 Å². The number of anilines is 6. The molecule has 2 fully saturated rings. The topological polar surface area (TPSA) is 178 Å². The van der Waals surface area contributed by atoms with Gasteiger partial charge in [-0.2, -0.15) is 13.2 Å². The minimum atomic E-state index is -4.94. The van der Waals surface area contributed by atoms with E-state index >= 15 is 0 Å². The Balaban J connectivity index is 0.899. The van der Waals surface area contributed by atoms with Gasteiger partial charge in [-0.1, -0.05) is 20.4 Å². The van der Waals surface area contributed by atoms with Gasteiger partial charge in [-0.05, 0) is 131 Å². The summed E-state index contributed by atoms with van der Waals surface area (Å²) in [6.45, 7) is 18.6. The first kappa shape index (κ1) is 52.4. The van der Waals surface area contributed by atoms with E-state index in [1.54, 1.807) is 48.6 Å². The van der Waals surface area contributed by atoms with Crippen LogP contribution in [0.2, 0.25) is 0 Å². The highest BCUT2D eigenvalue weighted by atomic mass is 32.2. The number of piperidine rings is 1. The van der Waals surface area contributed by atoms with E-state index < -0.39 is 38.8 Å². The summed E-state index contributed by atoms with van der Waals surface area (Å²) in [4.78, 5) is 58.2. The summed E-state index contributed by atoms with van der Waals surface area (Å²) in [5.41, 5.74) is 6.79. The number of aliphatic hydroxyl groups excluding tert-OH is 1. The second kappa shape index (κ2) is 19.3. The van der Waals surface area contributed by atoms with Crippen LogP contribution in [0.5, 0.6) is 0 Å². The van der Waals surface area contributed by atoms with Crippen LogP contribution in [0.1, 0.15) is 87.3 Å². The number of benzene rings is 2. The van der Waals surface area contributed by atoms with Crippen molar-refractivity contribution in [3.05, 3.63) is 112 Å². The van der Waals surface area contributed by atoms with Crippen molar-refractivity contribution in [3.63, 3.8) is 0 Å². The molecule has 9 rings (SSSR count). The van der Waals surface area contributed by atoms with Gasteiger partial charge in [-0.15, -0.1) is 0 Å². The van der Waals surface area contributed by atoms with Crippen molar-refractivity contribution < 1.29 is 36.3 Å². The van der Waals surface area contributed by atoms with Crippen LogP contribution in [0.4, 0.5) is 47.6 Å². The van der Waals surface area contributed by atoms with Crippen LogP contribution >= 0.6 is 0 Å².